The van der Waals surface area contributed by atoms with Gasteiger partial charge in [-0.25, -0.2) is 4.39 Å². The fourth-order valence-electron chi connectivity index (χ4n) is 1.84. The van der Waals surface area contributed by atoms with Crippen LogP contribution in [0.1, 0.15) is 0 Å². The Morgan fingerprint density at radius 1 is 1.20 bits per heavy atom. The molecule has 0 amide bonds. The molecular formula is C12H15FN2. The van der Waals surface area contributed by atoms with Gasteiger partial charge in [0.15, 0.2) is 0 Å². The van der Waals surface area contributed by atoms with Crippen molar-refractivity contribution in [3.05, 3.63) is 42.4 Å². The minimum Gasteiger partial charge on any atom is -0.343 e. The summed E-state index contributed by atoms with van der Waals surface area (Å²) in [6.07, 6.45) is 0. The molecule has 0 bridgehead atoms. The average molecular weight is 206 g/mol. The molecule has 0 N–H and O–H groups in total. The zero-order chi connectivity index (χ0) is 10.8. The third-order valence-electron chi connectivity index (χ3n) is 2.68. The van der Waals surface area contributed by atoms with Crippen LogP contribution in [0.25, 0.3) is 0 Å². The van der Waals surface area contributed by atoms with Gasteiger partial charge < -0.3 is 4.90 Å². The van der Waals surface area contributed by atoms with E-state index in [1.165, 1.54) is 12.1 Å². The predicted octanol–water partition coefficient (Wildman–Crippen LogP) is 2.09. The fraction of sp³-hybridized carbons (Fsp3) is 0.333. The first-order chi connectivity index (χ1) is 7.16. The lowest BCUT2D eigenvalue weighted by molar-refractivity contribution is 0.341. The quantitative estimate of drug-likeness (QED) is 0.694. The van der Waals surface area contributed by atoms with E-state index in [9.17, 15) is 4.39 Å². The molecule has 0 atom stereocenters. The monoisotopic (exact) mass is 206 g/mol. The van der Waals surface area contributed by atoms with E-state index in [0.717, 1.165) is 31.0 Å². The molecule has 1 aromatic rings. The van der Waals surface area contributed by atoms with Gasteiger partial charge in [-0.15, -0.1) is 0 Å². The molecule has 1 saturated heterocycles. The van der Waals surface area contributed by atoms with Crippen molar-refractivity contribution in [2.75, 3.05) is 31.6 Å². The van der Waals surface area contributed by atoms with Crippen LogP contribution in [0.5, 0.6) is 0 Å². The number of rotatable bonds is 1. The van der Waals surface area contributed by atoms with E-state index in [-0.39, 0.29) is 5.82 Å². The maximum absolute atomic E-state index is 12.8. The minimum atomic E-state index is -0.196. The van der Waals surface area contributed by atoms with E-state index in [4.69, 9.17) is 0 Å². The molecule has 0 spiro atoms. The van der Waals surface area contributed by atoms with Gasteiger partial charge in [0.25, 0.3) is 0 Å². The molecule has 2 nitrogen and oxygen atoms in total. The van der Waals surface area contributed by atoms with Crippen LogP contribution in [-0.2, 0) is 0 Å². The van der Waals surface area contributed by atoms with Crippen molar-refractivity contribution in [3.8, 4) is 0 Å². The Balaban J connectivity index is 2.17. The molecule has 1 fully saturated rings. The predicted molar refractivity (Wildman–Crippen MR) is 60.4 cm³/mol. The minimum absolute atomic E-state index is 0.196. The second-order valence-electron chi connectivity index (χ2n) is 3.93. The number of hydrogen-bond acceptors (Lipinski definition) is 2. The smallest absolute Gasteiger partial charge is 0.123 e. The zero-order valence-electron chi connectivity index (χ0n) is 8.91. The molecule has 0 aliphatic carbocycles. The summed E-state index contributed by atoms with van der Waals surface area (Å²) in [5, 5.41) is 0. The Bertz CT molecular complexity index is 358. The molecule has 0 aromatic heterocycles. The Morgan fingerprint density at radius 3 is 2.47 bits per heavy atom. The van der Waals surface area contributed by atoms with Crippen LogP contribution in [0.3, 0.4) is 0 Å². The van der Waals surface area contributed by atoms with Gasteiger partial charge in [0.2, 0.25) is 0 Å². The number of halogens is 1. The van der Waals surface area contributed by atoms with Crippen LogP contribution in [-0.4, -0.2) is 31.6 Å². The Hall–Kier alpha value is -1.35. The summed E-state index contributed by atoms with van der Waals surface area (Å²) in [6, 6.07) is 6.57. The number of benzene rings is 1. The lowest BCUT2D eigenvalue weighted by atomic mass is 10.2. The van der Waals surface area contributed by atoms with Crippen LogP contribution in [0.2, 0.25) is 0 Å². The largest absolute Gasteiger partial charge is 0.343 e. The maximum Gasteiger partial charge on any atom is 0.123 e. The van der Waals surface area contributed by atoms with Crippen LogP contribution < -0.4 is 4.90 Å². The van der Waals surface area contributed by atoms with Gasteiger partial charge in [0, 0.05) is 31.0 Å². The molecule has 0 unspecified atom stereocenters. The van der Waals surface area contributed by atoms with Crippen molar-refractivity contribution in [1.29, 1.82) is 0 Å². The van der Waals surface area contributed by atoms with E-state index in [2.05, 4.69) is 23.4 Å². The molecule has 2 rings (SSSR count). The van der Waals surface area contributed by atoms with Crippen LogP contribution in [0, 0.1) is 5.82 Å². The first kappa shape index (κ1) is 10.2. The lowest BCUT2D eigenvalue weighted by Gasteiger charge is -2.35. The summed E-state index contributed by atoms with van der Waals surface area (Å²) in [6.45, 7) is 6.84. The molecule has 80 valence electrons. The Kier molecular flexibility index (Phi) is 2.73. The summed E-state index contributed by atoms with van der Waals surface area (Å²) in [5.41, 5.74) is 2.09. The van der Waals surface area contributed by atoms with Crippen molar-refractivity contribution < 1.29 is 4.39 Å². The third-order valence-corrected chi connectivity index (χ3v) is 2.68. The third kappa shape index (κ3) is 2.18. The highest BCUT2D eigenvalue weighted by Gasteiger charge is 2.17. The number of anilines is 1. The summed E-state index contributed by atoms with van der Waals surface area (Å²) >= 11 is 0. The molecule has 1 aliphatic heterocycles. The number of nitrogens with zero attached hydrogens (tertiary/aromatic N) is 2. The van der Waals surface area contributed by atoms with Crippen LogP contribution in [0.15, 0.2) is 36.5 Å². The van der Waals surface area contributed by atoms with Gasteiger partial charge in [-0.05, 0) is 31.3 Å². The fourth-order valence-corrected chi connectivity index (χ4v) is 1.84. The highest BCUT2D eigenvalue weighted by atomic mass is 19.1. The lowest BCUT2D eigenvalue weighted by Crippen LogP contribution is -2.42. The van der Waals surface area contributed by atoms with Crippen molar-refractivity contribution in [3.63, 3.8) is 0 Å². The molecule has 0 saturated carbocycles. The topological polar surface area (TPSA) is 6.48 Å². The normalized spacial score (nSPS) is 18.3. The summed E-state index contributed by atoms with van der Waals surface area (Å²) in [4.78, 5) is 4.36. The molecule has 1 aromatic carbocycles. The molecule has 1 aliphatic rings. The summed E-state index contributed by atoms with van der Waals surface area (Å²) < 4.78 is 12.8. The number of piperazine rings is 1. The van der Waals surface area contributed by atoms with E-state index >= 15 is 0 Å². The van der Waals surface area contributed by atoms with Crippen molar-refractivity contribution >= 4 is 5.69 Å². The molecule has 1 heterocycles. The first-order valence-corrected chi connectivity index (χ1v) is 5.06. The van der Waals surface area contributed by atoms with Gasteiger partial charge in [-0.2, -0.15) is 0 Å². The molecule has 3 heteroatoms. The van der Waals surface area contributed by atoms with Gasteiger partial charge in [-0.3, -0.25) is 4.90 Å². The molecule has 0 radical (unpaired) electrons. The highest BCUT2D eigenvalue weighted by Crippen LogP contribution is 2.21. The van der Waals surface area contributed by atoms with Crippen molar-refractivity contribution in [1.82, 2.24) is 4.90 Å². The molecular weight excluding hydrogens is 191 g/mol. The van der Waals surface area contributed by atoms with Crippen LogP contribution >= 0.6 is 0 Å². The van der Waals surface area contributed by atoms with Crippen LogP contribution in [0.4, 0.5) is 10.1 Å². The SMILES string of the molecule is C=C1CN(C)CCN1c1ccc(F)cc1. The van der Waals surface area contributed by atoms with Gasteiger partial charge in [-0.1, -0.05) is 6.58 Å². The first-order valence-electron chi connectivity index (χ1n) is 5.06. The average Bonchev–Trinajstić information content (AvgIpc) is 2.20. The second kappa shape index (κ2) is 4.03. The van der Waals surface area contributed by atoms with Crippen molar-refractivity contribution in [2.45, 2.75) is 0 Å². The second-order valence-corrected chi connectivity index (χ2v) is 3.93. The Morgan fingerprint density at radius 2 is 1.87 bits per heavy atom. The summed E-state index contributed by atoms with van der Waals surface area (Å²) in [7, 11) is 2.08. The zero-order valence-corrected chi connectivity index (χ0v) is 8.91. The van der Waals surface area contributed by atoms with E-state index in [0.29, 0.717) is 0 Å². The van der Waals surface area contributed by atoms with Gasteiger partial charge >= 0.3 is 0 Å². The van der Waals surface area contributed by atoms with E-state index < -0.39 is 0 Å². The van der Waals surface area contributed by atoms with Gasteiger partial charge in [0.05, 0.1) is 0 Å². The molecule has 15 heavy (non-hydrogen) atoms. The van der Waals surface area contributed by atoms with E-state index in [1.54, 1.807) is 12.1 Å². The highest BCUT2D eigenvalue weighted by molar-refractivity contribution is 5.52. The summed E-state index contributed by atoms with van der Waals surface area (Å²) in [5.74, 6) is -0.196. The van der Waals surface area contributed by atoms with Gasteiger partial charge in [0.1, 0.15) is 5.82 Å². The Labute approximate surface area is 89.6 Å². The van der Waals surface area contributed by atoms with Crippen molar-refractivity contribution in [2.24, 2.45) is 0 Å². The number of hydrogen-bond donors (Lipinski definition) is 0. The van der Waals surface area contributed by atoms with E-state index in [1.807, 2.05) is 0 Å². The maximum atomic E-state index is 12.8. The number of likely N-dealkylation sites (N-methyl/N-ethyl adjacent to an activating group) is 1. The standard InChI is InChI=1S/C12H15FN2/c1-10-9-14(2)7-8-15(10)12-5-3-11(13)4-6-12/h3-6H,1,7-9H2,2H3.